The van der Waals surface area contributed by atoms with Gasteiger partial charge >= 0.3 is 12.1 Å². The Bertz CT molecular complexity index is 863. The van der Waals surface area contributed by atoms with Crippen molar-refractivity contribution in [3.63, 3.8) is 0 Å². The van der Waals surface area contributed by atoms with Gasteiger partial charge in [0.05, 0.1) is 31.7 Å². The number of carbonyl (C=O) groups is 4. The summed E-state index contributed by atoms with van der Waals surface area (Å²) in [6, 6.07) is 6.96. The average molecular weight is 461 g/mol. The highest BCUT2D eigenvalue weighted by Gasteiger charge is 2.44. The molecule has 1 aliphatic heterocycles. The summed E-state index contributed by atoms with van der Waals surface area (Å²) in [5.41, 5.74) is 6.01. The number of ketones is 2. The molecule has 0 aromatic heterocycles. The molecule has 9 nitrogen and oxygen atoms in total. The number of rotatable bonds is 10. The van der Waals surface area contributed by atoms with Crippen molar-refractivity contribution in [1.82, 2.24) is 4.90 Å². The van der Waals surface area contributed by atoms with Crippen LogP contribution in [0.1, 0.15) is 39.2 Å². The molecular formula is C24H32N2O7. The number of likely N-dealkylation sites (tertiary alicyclic amines) is 1. The van der Waals surface area contributed by atoms with Crippen LogP contribution in [0.4, 0.5) is 4.79 Å². The van der Waals surface area contributed by atoms with Crippen molar-refractivity contribution in [1.29, 1.82) is 0 Å². The molecule has 1 heterocycles. The second-order valence-electron chi connectivity index (χ2n) is 8.81. The highest BCUT2D eigenvalue weighted by atomic mass is 16.6. The molecule has 3 atom stereocenters. The topological polar surface area (TPSA) is 125 Å². The van der Waals surface area contributed by atoms with Gasteiger partial charge in [-0.05, 0) is 26.3 Å². The van der Waals surface area contributed by atoms with Gasteiger partial charge in [0.1, 0.15) is 18.2 Å². The molecular weight excluding hydrogens is 428 g/mol. The predicted molar refractivity (Wildman–Crippen MR) is 120 cm³/mol. The summed E-state index contributed by atoms with van der Waals surface area (Å²) >= 11 is 0. The van der Waals surface area contributed by atoms with Gasteiger partial charge in [-0.1, -0.05) is 43.0 Å². The quantitative estimate of drug-likeness (QED) is 0.320. The third kappa shape index (κ3) is 8.11. The maximum atomic E-state index is 13.0. The predicted octanol–water partition coefficient (Wildman–Crippen LogP) is 2.17. The third-order valence-electron chi connectivity index (χ3n) is 4.84. The van der Waals surface area contributed by atoms with Crippen LogP contribution in [-0.4, -0.2) is 65.5 Å². The fourth-order valence-electron chi connectivity index (χ4n) is 3.37. The Morgan fingerprint density at radius 2 is 1.88 bits per heavy atom. The maximum Gasteiger partial charge on any atom is 0.410 e. The molecule has 1 saturated heterocycles. The molecule has 0 radical (unpaired) electrons. The number of hydrogen-bond acceptors (Lipinski definition) is 8. The molecule has 0 aliphatic carbocycles. The van der Waals surface area contributed by atoms with Crippen LogP contribution < -0.4 is 5.73 Å². The summed E-state index contributed by atoms with van der Waals surface area (Å²) in [6.45, 7) is 8.87. The zero-order chi connectivity index (χ0) is 24.6. The summed E-state index contributed by atoms with van der Waals surface area (Å²) < 4.78 is 16.1. The molecule has 1 fully saturated rings. The molecule has 2 N–H and O–H groups in total. The molecule has 0 spiro atoms. The molecule has 0 saturated carbocycles. The van der Waals surface area contributed by atoms with Crippen molar-refractivity contribution in [3.05, 3.63) is 48.6 Å². The minimum absolute atomic E-state index is 0.0438. The highest BCUT2D eigenvalue weighted by Crippen LogP contribution is 2.24. The number of nitrogens with two attached hydrogens (primary N) is 1. The third-order valence-corrected chi connectivity index (χ3v) is 4.84. The molecule has 33 heavy (non-hydrogen) atoms. The first kappa shape index (κ1) is 26.2. The number of esters is 1. The lowest BCUT2D eigenvalue weighted by molar-refractivity contribution is -0.156. The van der Waals surface area contributed by atoms with Gasteiger partial charge in [-0.2, -0.15) is 0 Å². The van der Waals surface area contributed by atoms with Crippen LogP contribution in [-0.2, 0) is 35.2 Å². The molecule has 1 aromatic rings. The minimum atomic E-state index is -1.37. The van der Waals surface area contributed by atoms with E-state index < -0.39 is 53.8 Å². The van der Waals surface area contributed by atoms with Gasteiger partial charge in [0.2, 0.25) is 11.6 Å². The Balaban J connectivity index is 2.07. The van der Waals surface area contributed by atoms with Crippen LogP contribution in [0.2, 0.25) is 0 Å². The second-order valence-corrected chi connectivity index (χ2v) is 8.81. The molecule has 9 heteroatoms. The first-order chi connectivity index (χ1) is 15.5. The van der Waals surface area contributed by atoms with Crippen molar-refractivity contribution in [3.8, 4) is 0 Å². The van der Waals surface area contributed by atoms with Gasteiger partial charge in [0.25, 0.3) is 0 Å². The number of amides is 1. The Morgan fingerprint density at radius 3 is 2.48 bits per heavy atom. The van der Waals surface area contributed by atoms with E-state index in [0.29, 0.717) is 0 Å². The van der Waals surface area contributed by atoms with Crippen molar-refractivity contribution in [2.45, 2.75) is 64.0 Å². The molecule has 0 bridgehead atoms. The maximum absolute atomic E-state index is 13.0. The molecule has 180 valence electrons. The van der Waals surface area contributed by atoms with Crippen molar-refractivity contribution in [2.24, 2.45) is 5.73 Å². The number of carbonyl (C=O) groups excluding carboxylic acids is 4. The van der Waals surface area contributed by atoms with Crippen molar-refractivity contribution < 1.29 is 33.4 Å². The van der Waals surface area contributed by atoms with Crippen LogP contribution >= 0.6 is 0 Å². The molecule has 1 aliphatic rings. The van der Waals surface area contributed by atoms with E-state index in [2.05, 4.69) is 6.58 Å². The summed E-state index contributed by atoms with van der Waals surface area (Å²) in [7, 11) is 0. The Morgan fingerprint density at radius 1 is 1.21 bits per heavy atom. The summed E-state index contributed by atoms with van der Waals surface area (Å²) in [5, 5.41) is 0. The smallest absolute Gasteiger partial charge is 0.410 e. The van der Waals surface area contributed by atoms with E-state index in [0.717, 1.165) is 5.56 Å². The first-order valence-corrected chi connectivity index (χ1v) is 10.8. The lowest BCUT2D eigenvalue weighted by Crippen LogP contribution is -2.48. The standard InChI is InChI=1S/C24H32N2O7/c1-5-11-31-23(30)26-14-17(32-15-16-9-7-6-8-10-16)12-19(26)22(29)21(28)18(25)13-20(27)33-24(2,3)4/h5-10,17-19H,1,11-15,25H2,2-4H3/t17?,18?,19-/m0/s1. The van der Waals surface area contributed by atoms with E-state index in [1.54, 1.807) is 20.8 Å². The van der Waals surface area contributed by atoms with E-state index in [1.807, 2.05) is 30.3 Å². The highest BCUT2D eigenvalue weighted by molar-refractivity contribution is 6.41. The number of benzene rings is 1. The van der Waals surface area contributed by atoms with Crippen LogP contribution in [0.25, 0.3) is 0 Å². The Labute approximate surface area is 193 Å². The second kappa shape index (κ2) is 11.7. The number of ether oxygens (including phenoxy) is 3. The van der Waals surface area contributed by atoms with Crippen LogP contribution in [0.15, 0.2) is 43.0 Å². The SMILES string of the molecule is C=CCOC(=O)N1CC(OCc2ccccc2)C[C@H]1C(=O)C(=O)C(N)CC(=O)OC(C)(C)C. The average Bonchev–Trinajstić information content (AvgIpc) is 3.18. The summed E-state index contributed by atoms with van der Waals surface area (Å²) in [4.78, 5) is 51.3. The van der Waals surface area contributed by atoms with E-state index >= 15 is 0 Å². The summed E-state index contributed by atoms with van der Waals surface area (Å²) in [6.07, 6.45) is -0.169. The van der Waals surface area contributed by atoms with Crippen molar-refractivity contribution >= 4 is 23.6 Å². The van der Waals surface area contributed by atoms with Crippen molar-refractivity contribution in [2.75, 3.05) is 13.2 Å². The molecule has 2 unspecified atom stereocenters. The van der Waals surface area contributed by atoms with E-state index in [1.165, 1.54) is 11.0 Å². The minimum Gasteiger partial charge on any atom is -0.460 e. The fraction of sp³-hybridized carbons (Fsp3) is 0.500. The zero-order valence-corrected chi connectivity index (χ0v) is 19.3. The normalized spacial score (nSPS) is 19.0. The lowest BCUT2D eigenvalue weighted by Gasteiger charge is -2.23. The van der Waals surface area contributed by atoms with E-state index in [9.17, 15) is 19.2 Å². The summed E-state index contributed by atoms with van der Waals surface area (Å²) in [5.74, 6) is -2.50. The monoisotopic (exact) mass is 460 g/mol. The van der Waals surface area contributed by atoms with Gasteiger partial charge in [0, 0.05) is 6.42 Å². The Kier molecular flexibility index (Phi) is 9.31. The van der Waals surface area contributed by atoms with Gasteiger partial charge in [-0.3, -0.25) is 19.3 Å². The van der Waals surface area contributed by atoms with Gasteiger partial charge in [0.15, 0.2) is 0 Å². The number of Topliss-reactive ketones (excluding diaryl/α,β-unsaturated/α-hetero) is 2. The van der Waals surface area contributed by atoms with Crippen LogP contribution in [0.5, 0.6) is 0 Å². The number of nitrogens with zero attached hydrogens (tertiary/aromatic N) is 1. The van der Waals surface area contributed by atoms with Gasteiger partial charge < -0.3 is 19.9 Å². The molecule has 2 rings (SSSR count). The van der Waals surface area contributed by atoms with E-state index in [4.69, 9.17) is 19.9 Å². The molecule has 1 amide bonds. The lowest BCUT2D eigenvalue weighted by atomic mass is 9.99. The van der Waals surface area contributed by atoms with Gasteiger partial charge in [-0.15, -0.1) is 0 Å². The Hall–Kier alpha value is -3.04. The first-order valence-electron chi connectivity index (χ1n) is 10.8. The van der Waals surface area contributed by atoms with Crippen LogP contribution in [0, 0.1) is 0 Å². The van der Waals surface area contributed by atoms with Crippen LogP contribution in [0.3, 0.4) is 0 Å². The zero-order valence-electron chi connectivity index (χ0n) is 19.3. The largest absolute Gasteiger partial charge is 0.460 e. The van der Waals surface area contributed by atoms with E-state index in [-0.39, 0.29) is 26.2 Å². The molecule has 1 aromatic carbocycles. The van der Waals surface area contributed by atoms with Gasteiger partial charge in [-0.25, -0.2) is 4.79 Å². The number of hydrogen-bond donors (Lipinski definition) is 1. The fourth-order valence-corrected chi connectivity index (χ4v) is 3.37.